The van der Waals surface area contributed by atoms with Crippen molar-refractivity contribution in [1.82, 2.24) is 15.2 Å². The number of unbranched alkanes of at least 4 members (excludes halogenated alkanes) is 1. The quantitative estimate of drug-likeness (QED) is 0.331. The van der Waals surface area contributed by atoms with Crippen LogP contribution < -0.4 is 5.32 Å². The lowest BCUT2D eigenvalue weighted by Gasteiger charge is -2.33. The minimum Gasteiger partial charge on any atom is -0.496 e. The number of likely N-dealkylation sites (tertiary alicyclic amines) is 1. The fourth-order valence-corrected chi connectivity index (χ4v) is 5.28. The third-order valence-corrected chi connectivity index (χ3v) is 7.22. The molecule has 0 aromatic carbocycles. The zero-order chi connectivity index (χ0) is 27.3. The number of aromatic amines is 1. The van der Waals surface area contributed by atoms with Gasteiger partial charge in [0.1, 0.15) is 18.5 Å². The third-order valence-electron chi connectivity index (χ3n) is 7.22. The second-order valence-corrected chi connectivity index (χ2v) is 11.0. The summed E-state index contributed by atoms with van der Waals surface area (Å²) in [5.41, 5.74) is 4.09. The van der Waals surface area contributed by atoms with Crippen molar-refractivity contribution in [3.8, 4) is 0 Å². The number of aliphatic hydroxyl groups excluding tert-OH is 2. The number of ether oxygens (including phenoxy) is 1. The number of nitrogens with zero attached hydrogens (tertiary/aromatic N) is 1. The van der Waals surface area contributed by atoms with E-state index >= 15 is 0 Å². The van der Waals surface area contributed by atoms with Crippen LogP contribution in [0.25, 0.3) is 0 Å². The predicted octanol–water partition coefficient (Wildman–Crippen LogP) is 4.14. The highest BCUT2D eigenvalue weighted by atomic mass is 16.5. The zero-order valence-corrected chi connectivity index (χ0v) is 22.9. The Labute approximate surface area is 220 Å². The van der Waals surface area contributed by atoms with Crippen molar-refractivity contribution in [3.05, 3.63) is 58.3 Å². The molecule has 2 heterocycles. The Hall–Kier alpha value is -2.84. The van der Waals surface area contributed by atoms with E-state index < -0.39 is 12.3 Å². The largest absolute Gasteiger partial charge is 0.496 e. The first-order chi connectivity index (χ1) is 17.5. The number of fused-ring (bicyclic) bond motifs is 1. The van der Waals surface area contributed by atoms with Crippen LogP contribution >= 0.6 is 0 Å². The number of carbonyl (C=O) groups is 2. The van der Waals surface area contributed by atoms with Crippen molar-refractivity contribution < 1.29 is 24.5 Å². The topological polar surface area (TPSA) is 115 Å². The fraction of sp³-hybridized carbons (Fsp3) is 0.586. The molecule has 4 N–H and O–H groups in total. The van der Waals surface area contributed by atoms with Gasteiger partial charge in [-0.15, -0.1) is 0 Å². The van der Waals surface area contributed by atoms with Gasteiger partial charge in [0.25, 0.3) is 5.91 Å². The van der Waals surface area contributed by atoms with E-state index in [0.29, 0.717) is 54.8 Å². The molecule has 1 fully saturated rings. The number of amides is 1. The van der Waals surface area contributed by atoms with Crippen LogP contribution in [0.2, 0.25) is 0 Å². The van der Waals surface area contributed by atoms with Gasteiger partial charge in [-0.2, -0.15) is 0 Å². The minimum absolute atomic E-state index is 0.0622. The van der Waals surface area contributed by atoms with Gasteiger partial charge in [-0.3, -0.25) is 9.59 Å². The number of aromatic nitrogens is 1. The average Bonchev–Trinajstić information content (AvgIpc) is 3.36. The van der Waals surface area contributed by atoms with E-state index in [2.05, 4.69) is 37.7 Å². The Kier molecular flexibility index (Phi) is 9.42. The SMILES string of the molecule is C=C1CCN(C(O)C(CCCC)NC(=O)c2[nH]c3c(c2C)C(=O)CC(C)(C)C3)/C1=C/C=C(\C)OCCO. The van der Waals surface area contributed by atoms with Crippen LogP contribution in [-0.2, 0) is 11.2 Å². The third kappa shape index (κ3) is 6.73. The summed E-state index contributed by atoms with van der Waals surface area (Å²) in [7, 11) is 0. The van der Waals surface area contributed by atoms with Crippen molar-refractivity contribution in [2.45, 2.75) is 85.4 Å². The van der Waals surface area contributed by atoms with Crippen LogP contribution in [0.3, 0.4) is 0 Å². The summed E-state index contributed by atoms with van der Waals surface area (Å²) in [4.78, 5) is 31.3. The van der Waals surface area contributed by atoms with Gasteiger partial charge in [-0.25, -0.2) is 0 Å². The van der Waals surface area contributed by atoms with Crippen molar-refractivity contribution in [3.63, 3.8) is 0 Å². The molecule has 0 bridgehead atoms. The van der Waals surface area contributed by atoms with Gasteiger partial charge in [-0.05, 0) is 61.8 Å². The molecule has 204 valence electrons. The average molecular weight is 514 g/mol. The highest BCUT2D eigenvalue weighted by Gasteiger charge is 2.37. The number of Topliss-reactive ketones (excluding diaryl/α,β-unsaturated/α-hetero) is 1. The minimum atomic E-state index is -0.946. The number of aliphatic hydroxyl groups is 2. The predicted molar refractivity (Wildman–Crippen MR) is 144 cm³/mol. The molecule has 1 aromatic rings. The van der Waals surface area contributed by atoms with E-state index in [1.54, 1.807) is 13.0 Å². The molecule has 37 heavy (non-hydrogen) atoms. The van der Waals surface area contributed by atoms with Crippen LogP contribution in [-0.4, -0.2) is 63.8 Å². The van der Waals surface area contributed by atoms with Gasteiger partial charge in [0, 0.05) is 29.9 Å². The summed E-state index contributed by atoms with van der Waals surface area (Å²) >= 11 is 0. The Bertz CT molecular complexity index is 1080. The monoisotopic (exact) mass is 513 g/mol. The number of rotatable bonds is 11. The number of allylic oxidation sites excluding steroid dienone is 4. The van der Waals surface area contributed by atoms with Gasteiger partial charge in [-0.1, -0.05) is 40.2 Å². The lowest BCUT2D eigenvalue weighted by atomic mass is 9.75. The summed E-state index contributed by atoms with van der Waals surface area (Å²) in [5.74, 6) is 0.406. The molecule has 2 aliphatic rings. The number of nitrogens with one attached hydrogen (secondary N) is 2. The molecule has 0 spiro atoms. The van der Waals surface area contributed by atoms with E-state index in [1.165, 1.54) is 0 Å². The normalized spacial score (nSPS) is 20.2. The van der Waals surface area contributed by atoms with Gasteiger partial charge in [0.05, 0.1) is 18.4 Å². The molecular weight excluding hydrogens is 470 g/mol. The van der Waals surface area contributed by atoms with Crippen molar-refractivity contribution >= 4 is 11.7 Å². The highest BCUT2D eigenvalue weighted by Crippen LogP contribution is 2.37. The lowest BCUT2D eigenvalue weighted by molar-refractivity contribution is 0.00436. The van der Waals surface area contributed by atoms with E-state index in [9.17, 15) is 14.7 Å². The van der Waals surface area contributed by atoms with Gasteiger partial charge in [0.2, 0.25) is 0 Å². The van der Waals surface area contributed by atoms with Gasteiger partial charge >= 0.3 is 0 Å². The Balaban J connectivity index is 1.82. The second kappa shape index (κ2) is 12.1. The number of hydrogen-bond donors (Lipinski definition) is 4. The summed E-state index contributed by atoms with van der Waals surface area (Å²) in [6.45, 7) is 14.7. The Morgan fingerprint density at radius 3 is 2.76 bits per heavy atom. The van der Waals surface area contributed by atoms with Crippen LogP contribution in [0.1, 0.15) is 91.9 Å². The highest BCUT2D eigenvalue weighted by molar-refractivity contribution is 6.04. The van der Waals surface area contributed by atoms with Crippen LogP contribution in [0.15, 0.2) is 35.8 Å². The number of carbonyl (C=O) groups excluding carboxylic acids is 2. The molecule has 1 aliphatic heterocycles. The standard InChI is InChI=1S/C29H43N3O5/c1-7-8-9-21(28(36)32-13-12-18(2)23(32)11-10-19(3)37-15-14-33)31-27(35)26-20(4)25-22(30-26)16-29(5,6)17-24(25)34/h10-11,21,28,30,33,36H,2,7-9,12-17H2,1,3-6H3,(H,31,35)/b19-10+,23-11+. The van der Waals surface area contributed by atoms with E-state index in [4.69, 9.17) is 9.84 Å². The van der Waals surface area contributed by atoms with Crippen molar-refractivity contribution in [2.75, 3.05) is 19.8 Å². The molecule has 1 aromatic heterocycles. The first-order valence-corrected chi connectivity index (χ1v) is 13.3. The summed E-state index contributed by atoms with van der Waals surface area (Å²) in [6, 6.07) is -0.510. The number of ketones is 1. The maximum absolute atomic E-state index is 13.4. The molecule has 1 saturated heterocycles. The molecule has 1 aliphatic carbocycles. The lowest BCUT2D eigenvalue weighted by Crippen LogP contribution is -2.50. The molecule has 2 unspecified atom stereocenters. The maximum atomic E-state index is 13.4. The number of hydrogen-bond acceptors (Lipinski definition) is 6. The molecule has 3 rings (SSSR count). The number of H-pyrrole nitrogens is 1. The molecule has 2 atom stereocenters. The van der Waals surface area contributed by atoms with E-state index in [-0.39, 0.29) is 30.3 Å². The Morgan fingerprint density at radius 1 is 1.35 bits per heavy atom. The molecule has 0 radical (unpaired) electrons. The van der Waals surface area contributed by atoms with E-state index in [1.807, 2.05) is 17.9 Å². The fourth-order valence-electron chi connectivity index (χ4n) is 5.28. The second-order valence-electron chi connectivity index (χ2n) is 11.0. The maximum Gasteiger partial charge on any atom is 0.268 e. The smallest absolute Gasteiger partial charge is 0.268 e. The zero-order valence-electron chi connectivity index (χ0n) is 22.9. The first kappa shape index (κ1) is 28.7. The van der Waals surface area contributed by atoms with Gasteiger partial charge < -0.3 is 30.2 Å². The summed E-state index contributed by atoms with van der Waals surface area (Å²) in [5, 5.41) is 23.5. The van der Waals surface area contributed by atoms with Crippen LogP contribution in [0.4, 0.5) is 0 Å². The van der Waals surface area contributed by atoms with Crippen molar-refractivity contribution in [2.24, 2.45) is 5.41 Å². The first-order valence-electron chi connectivity index (χ1n) is 13.3. The van der Waals surface area contributed by atoms with Crippen LogP contribution in [0.5, 0.6) is 0 Å². The van der Waals surface area contributed by atoms with Gasteiger partial charge in [0.15, 0.2) is 5.78 Å². The molecule has 0 saturated carbocycles. The molecule has 1 amide bonds. The summed E-state index contributed by atoms with van der Waals surface area (Å²) in [6.07, 6.45) is 6.98. The molecule has 8 heteroatoms. The van der Waals surface area contributed by atoms with Crippen LogP contribution in [0, 0.1) is 12.3 Å². The van der Waals surface area contributed by atoms with Crippen molar-refractivity contribution in [1.29, 1.82) is 0 Å². The molecule has 8 nitrogen and oxygen atoms in total. The Morgan fingerprint density at radius 2 is 2.08 bits per heavy atom. The summed E-state index contributed by atoms with van der Waals surface area (Å²) < 4.78 is 5.42. The molecular formula is C29H43N3O5. The van der Waals surface area contributed by atoms with E-state index in [0.717, 1.165) is 29.8 Å².